The zero-order valence-corrected chi connectivity index (χ0v) is 18.6. The Bertz CT molecular complexity index is 1030. The van der Waals surface area contributed by atoms with Gasteiger partial charge in [-0.15, -0.1) is 0 Å². The van der Waals surface area contributed by atoms with E-state index >= 15 is 0 Å². The third-order valence-corrected chi connectivity index (χ3v) is 5.64. The summed E-state index contributed by atoms with van der Waals surface area (Å²) in [4.78, 5) is 39.0. The molecule has 0 radical (unpaired) electrons. The minimum Gasteiger partial charge on any atom is -0.490 e. The topological polar surface area (TPSA) is 105 Å². The van der Waals surface area contributed by atoms with Crippen LogP contribution in [0.3, 0.4) is 0 Å². The standard InChI is InChI=1S/C23H27FN4O5/c1-3-26(4-2)11-12-33-21-8-6-5-7-19(21)25-23(30)16-13-22(29)27(15-16)17-9-10-18(24)20(14-17)28(31)32/h5-10,14,16H,3-4,11-13,15H2,1-2H3,(H,25,30). The number of carbonyl (C=O) groups is 2. The Morgan fingerprint density at radius 3 is 2.70 bits per heavy atom. The number of ether oxygens (including phenoxy) is 1. The molecule has 1 saturated heterocycles. The van der Waals surface area contributed by atoms with E-state index in [1.165, 1.54) is 11.0 Å². The van der Waals surface area contributed by atoms with Crippen LogP contribution in [0.1, 0.15) is 20.3 Å². The van der Waals surface area contributed by atoms with Crippen molar-refractivity contribution in [2.45, 2.75) is 20.3 Å². The van der Waals surface area contributed by atoms with Crippen molar-refractivity contribution >= 4 is 28.9 Å². The number of hydrogen-bond acceptors (Lipinski definition) is 6. The van der Waals surface area contributed by atoms with Gasteiger partial charge in [-0.2, -0.15) is 4.39 Å². The van der Waals surface area contributed by atoms with Gasteiger partial charge in [0.05, 0.1) is 22.2 Å². The molecule has 10 heteroatoms. The maximum atomic E-state index is 13.6. The van der Waals surface area contributed by atoms with Gasteiger partial charge in [-0.1, -0.05) is 26.0 Å². The van der Waals surface area contributed by atoms with E-state index in [2.05, 4.69) is 24.1 Å². The van der Waals surface area contributed by atoms with E-state index in [9.17, 15) is 24.1 Å². The van der Waals surface area contributed by atoms with Crippen LogP contribution in [0.5, 0.6) is 5.75 Å². The molecule has 1 heterocycles. The number of nitrogens with zero attached hydrogens (tertiary/aromatic N) is 3. The van der Waals surface area contributed by atoms with Gasteiger partial charge in [0.25, 0.3) is 0 Å². The number of rotatable bonds is 10. The van der Waals surface area contributed by atoms with Gasteiger partial charge in [-0.3, -0.25) is 19.7 Å². The molecule has 0 spiro atoms. The SMILES string of the molecule is CCN(CC)CCOc1ccccc1NC(=O)C1CC(=O)N(c2ccc(F)c([N+](=O)[O-])c2)C1. The molecule has 0 bridgehead atoms. The van der Waals surface area contributed by atoms with Gasteiger partial charge in [-0.25, -0.2) is 0 Å². The first-order valence-corrected chi connectivity index (χ1v) is 10.8. The van der Waals surface area contributed by atoms with E-state index in [0.717, 1.165) is 31.8 Å². The molecule has 176 valence electrons. The molecule has 0 aromatic heterocycles. The Morgan fingerprint density at radius 2 is 2.00 bits per heavy atom. The lowest BCUT2D eigenvalue weighted by Gasteiger charge is -2.19. The Hall–Kier alpha value is -3.53. The van der Waals surface area contributed by atoms with Gasteiger partial charge in [-0.05, 0) is 37.4 Å². The van der Waals surface area contributed by atoms with Crippen LogP contribution in [0, 0.1) is 21.8 Å². The summed E-state index contributed by atoms with van der Waals surface area (Å²) < 4.78 is 19.5. The number of nitrogens with one attached hydrogen (secondary N) is 1. The molecule has 1 atom stereocenters. The van der Waals surface area contributed by atoms with Gasteiger partial charge in [0.15, 0.2) is 0 Å². The molecule has 2 aromatic carbocycles. The van der Waals surface area contributed by atoms with Gasteiger partial charge < -0.3 is 19.9 Å². The Balaban J connectivity index is 1.66. The third kappa shape index (κ3) is 5.83. The molecule has 1 fully saturated rings. The van der Waals surface area contributed by atoms with E-state index in [1.54, 1.807) is 18.2 Å². The van der Waals surface area contributed by atoms with Crippen molar-refractivity contribution in [3.63, 3.8) is 0 Å². The average molecular weight is 458 g/mol. The lowest BCUT2D eigenvalue weighted by molar-refractivity contribution is -0.387. The largest absolute Gasteiger partial charge is 0.490 e. The van der Waals surface area contributed by atoms with E-state index in [0.29, 0.717) is 18.0 Å². The summed E-state index contributed by atoms with van der Waals surface area (Å²) in [6.07, 6.45) is -0.0536. The van der Waals surface area contributed by atoms with Crippen LogP contribution in [-0.2, 0) is 9.59 Å². The van der Waals surface area contributed by atoms with E-state index in [-0.39, 0.29) is 30.5 Å². The second kappa shape index (κ2) is 10.9. The summed E-state index contributed by atoms with van der Waals surface area (Å²) in [6, 6.07) is 10.3. The summed E-state index contributed by atoms with van der Waals surface area (Å²) >= 11 is 0. The Labute approximate surface area is 191 Å². The smallest absolute Gasteiger partial charge is 0.306 e. The predicted octanol–water partition coefficient (Wildman–Crippen LogP) is 3.45. The first kappa shape index (κ1) is 24.1. The quantitative estimate of drug-likeness (QED) is 0.432. The number of likely N-dealkylation sites (N-methyl/N-ethyl adjacent to an activating group) is 1. The molecule has 1 aliphatic rings. The second-order valence-corrected chi connectivity index (χ2v) is 7.66. The number of hydrogen-bond donors (Lipinski definition) is 1. The normalized spacial score (nSPS) is 15.7. The lowest BCUT2D eigenvalue weighted by Crippen LogP contribution is -2.29. The maximum absolute atomic E-state index is 13.6. The van der Waals surface area contributed by atoms with E-state index in [1.807, 2.05) is 6.07 Å². The molecule has 3 rings (SSSR count). The molecule has 0 aliphatic carbocycles. The van der Waals surface area contributed by atoms with Crippen molar-refractivity contribution in [3.05, 3.63) is 58.4 Å². The molecule has 2 aromatic rings. The summed E-state index contributed by atoms with van der Waals surface area (Å²) in [5.41, 5.74) is -0.0297. The second-order valence-electron chi connectivity index (χ2n) is 7.66. The lowest BCUT2D eigenvalue weighted by atomic mass is 10.1. The van der Waals surface area contributed by atoms with Crippen molar-refractivity contribution in [2.24, 2.45) is 5.92 Å². The molecular formula is C23H27FN4O5. The molecule has 0 saturated carbocycles. The fourth-order valence-corrected chi connectivity index (χ4v) is 3.70. The molecule has 1 N–H and O–H groups in total. The Kier molecular flexibility index (Phi) is 7.94. The van der Waals surface area contributed by atoms with Gasteiger partial charge in [0.2, 0.25) is 17.6 Å². The summed E-state index contributed by atoms with van der Waals surface area (Å²) in [5, 5.41) is 13.8. The van der Waals surface area contributed by atoms with E-state index < -0.39 is 22.3 Å². The number of anilines is 2. The third-order valence-electron chi connectivity index (χ3n) is 5.64. The maximum Gasteiger partial charge on any atom is 0.306 e. The van der Waals surface area contributed by atoms with Crippen molar-refractivity contribution in [3.8, 4) is 5.75 Å². The number of nitro benzene ring substituents is 1. The summed E-state index contributed by atoms with van der Waals surface area (Å²) in [5.74, 6) is -1.83. The number of halogens is 1. The van der Waals surface area contributed by atoms with Gasteiger partial charge >= 0.3 is 5.69 Å². The highest BCUT2D eigenvalue weighted by Gasteiger charge is 2.36. The fourth-order valence-electron chi connectivity index (χ4n) is 3.70. The van der Waals surface area contributed by atoms with Crippen LogP contribution in [-0.4, -0.2) is 54.4 Å². The number of nitro groups is 1. The minimum absolute atomic E-state index is 0.0401. The van der Waals surface area contributed by atoms with Gasteiger partial charge in [0, 0.05) is 25.6 Å². The van der Waals surface area contributed by atoms with Crippen molar-refractivity contribution in [1.29, 1.82) is 0 Å². The van der Waals surface area contributed by atoms with Crippen LogP contribution in [0.25, 0.3) is 0 Å². The number of amides is 2. The Morgan fingerprint density at radius 1 is 1.27 bits per heavy atom. The van der Waals surface area contributed by atoms with Crippen LogP contribution in [0.4, 0.5) is 21.5 Å². The molecule has 2 amide bonds. The van der Waals surface area contributed by atoms with Crippen LogP contribution < -0.4 is 15.0 Å². The summed E-state index contributed by atoms with van der Waals surface area (Å²) in [7, 11) is 0. The first-order chi connectivity index (χ1) is 15.8. The zero-order valence-electron chi connectivity index (χ0n) is 18.6. The molecule has 9 nitrogen and oxygen atoms in total. The minimum atomic E-state index is -0.984. The zero-order chi connectivity index (χ0) is 24.0. The van der Waals surface area contributed by atoms with Crippen LogP contribution >= 0.6 is 0 Å². The van der Waals surface area contributed by atoms with Gasteiger partial charge in [0.1, 0.15) is 12.4 Å². The number of benzene rings is 2. The first-order valence-electron chi connectivity index (χ1n) is 10.8. The van der Waals surface area contributed by atoms with E-state index in [4.69, 9.17) is 4.74 Å². The van der Waals surface area contributed by atoms with Crippen molar-refractivity contribution in [2.75, 3.05) is 43.0 Å². The molecule has 1 unspecified atom stereocenters. The molecule has 1 aliphatic heterocycles. The van der Waals surface area contributed by atoms with Crippen LogP contribution in [0.2, 0.25) is 0 Å². The predicted molar refractivity (Wildman–Crippen MR) is 122 cm³/mol. The number of para-hydroxylation sites is 2. The monoisotopic (exact) mass is 458 g/mol. The number of carbonyl (C=O) groups excluding carboxylic acids is 2. The average Bonchev–Trinajstić information content (AvgIpc) is 3.19. The summed E-state index contributed by atoms with van der Waals surface area (Å²) in [6.45, 7) is 7.25. The molecular weight excluding hydrogens is 431 g/mol. The van der Waals surface area contributed by atoms with Crippen molar-refractivity contribution in [1.82, 2.24) is 4.90 Å². The highest BCUT2D eigenvalue weighted by atomic mass is 19.1. The van der Waals surface area contributed by atoms with Crippen LogP contribution in [0.15, 0.2) is 42.5 Å². The molecule has 33 heavy (non-hydrogen) atoms. The van der Waals surface area contributed by atoms with Crippen molar-refractivity contribution < 1.29 is 23.6 Å². The highest BCUT2D eigenvalue weighted by Crippen LogP contribution is 2.31. The fraction of sp³-hybridized carbons (Fsp3) is 0.391. The highest BCUT2D eigenvalue weighted by molar-refractivity contribution is 6.04.